The van der Waals surface area contributed by atoms with E-state index in [1.807, 2.05) is 5.32 Å². The number of carboxylic acids is 1. The van der Waals surface area contributed by atoms with E-state index in [-0.39, 0.29) is 18.4 Å². The van der Waals surface area contributed by atoms with Crippen LogP contribution < -0.4 is 21.1 Å². The van der Waals surface area contributed by atoms with E-state index >= 15 is 0 Å². The van der Waals surface area contributed by atoms with Gasteiger partial charge in [-0.1, -0.05) is 0 Å². The molecule has 2 amide bonds. The molecule has 1 aliphatic heterocycles. The van der Waals surface area contributed by atoms with E-state index in [1.54, 1.807) is 6.20 Å². The molecule has 1 saturated heterocycles. The van der Waals surface area contributed by atoms with E-state index in [4.69, 9.17) is 0 Å². The van der Waals surface area contributed by atoms with Crippen LogP contribution in [-0.4, -0.2) is 52.9 Å². The van der Waals surface area contributed by atoms with Crippen LogP contribution in [0.3, 0.4) is 0 Å². The fourth-order valence-corrected chi connectivity index (χ4v) is 2.40. The van der Waals surface area contributed by atoms with Gasteiger partial charge in [0, 0.05) is 31.2 Å². The first-order valence-electron chi connectivity index (χ1n) is 7.15. The number of imidazole rings is 1. The third kappa shape index (κ3) is 4.55. The number of nitrogens with zero attached hydrogens (tertiary/aromatic N) is 1. The highest BCUT2D eigenvalue weighted by atomic mass is 16.4. The topological polar surface area (TPSA) is 144 Å². The zero-order valence-electron chi connectivity index (χ0n) is 12.0. The largest absolute Gasteiger partial charge is 0.548 e. The van der Waals surface area contributed by atoms with Crippen LogP contribution in [0.25, 0.3) is 0 Å². The minimum Gasteiger partial charge on any atom is -0.548 e. The molecule has 2 atom stereocenters. The Kier molecular flexibility index (Phi) is 5.48. The number of hydrogen-bond acceptors (Lipinski definition) is 5. The summed E-state index contributed by atoms with van der Waals surface area (Å²) in [6.45, 7) is 0.296. The molecule has 0 bridgehead atoms. The summed E-state index contributed by atoms with van der Waals surface area (Å²) in [7, 11) is 0. The fraction of sp³-hybridized carbons (Fsp3) is 0.538. The standard InChI is InChI=1S/C13H19N5O4/c19-11(20)6-16-12(21)10(4-8-5-14-7-17-8)18-13(22)9-2-1-3-15-9/h5,7,9-10,15H,1-4,6H2,(H,14,17)(H,16,21)(H,18,22)(H,19,20)/t9-,10-/m0/s1. The quantitative estimate of drug-likeness (QED) is 0.406. The maximum absolute atomic E-state index is 12.1. The maximum atomic E-state index is 12.1. The average molecular weight is 309 g/mol. The number of quaternary nitrogens is 1. The van der Waals surface area contributed by atoms with Gasteiger partial charge in [-0.2, -0.15) is 0 Å². The minimum absolute atomic E-state index is 0.196. The second-order valence-corrected chi connectivity index (χ2v) is 5.21. The van der Waals surface area contributed by atoms with Crippen molar-refractivity contribution in [2.45, 2.75) is 31.3 Å². The maximum Gasteiger partial charge on any atom is 0.278 e. The Hall–Kier alpha value is -2.42. The highest BCUT2D eigenvalue weighted by molar-refractivity contribution is 5.90. The zero-order chi connectivity index (χ0) is 15.9. The van der Waals surface area contributed by atoms with Crippen molar-refractivity contribution in [3.8, 4) is 0 Å². The summed E-state index contributed by atoms with van der Waals surface area (Å²) in [5, 5.41) is 17.3. The van der Waals surface area contributed by atoms with Crippen LogP contribution >= 0.6 is 0 Å². The van der Waals surface area contributed by atoms with E-state index in [0.29, 0.717) is 5.69 Å². The van der Waals surface area contributed by atoms with Crippen LogP contribution in [0.1, 0.15) is 18.5 Å². The van der Waals surface area contributed by atoms with E-state index < -0.39 is 24.5 Å². The third-order valence-electron chi connectivity index (χ3n) is 3.53. The lowest BCUT2D eigenvalue weighted by molar-refractivity contribution is -0.657. The van der Waals surface area contributed by atoms with E-state index in [2.05, 4.69) is 20.6 Å². The molecule has 1 aliphatic rings. The zero-order valence-corrected chi connectivity index (χ0v) is 12.0. The van der Waals surface area contributed by atoms with Crippen molar-refractivity contribution in [2.75, 3.05) is 13.1 Å². The van der Waals surface area contributed by atoms with Gasteiger partial charge in [0.25, 0.3) is 5.91 Å². The van der Waals surface area contributed by atoms with Gasteiger partial charge in [-0.3, -0.25) is 9.59 Å². The van der Waals surface area contributed by atoms with Crippen molar-refractivity contribution in [3.05, 3.63) is 18.2 Å². The van der Waals surface area contributed by atoms with Gasteiger partial charge in [-0.15, -0.1) is 0 Å². The first-order valence-corrected chi connectivity index (χ1v) is 7.15. The number of aliphatic carboxylic acids is 1. The Bertz CT molecular complexity index is 525. The Morgan fingerprint density at radius 2 is 2.32 bits per heavy atom. The van der Waals surface area contributed by atoms with Gasteiger partial charge in [-0.05, 0) is 0 Å². The molecule has 0 saturated carbocycles. The van der Waals surface area contributed by atoms with Crippen molar-refractivity contribution < 1.29 is 24.8 Å². The summed E-state index contributed by atoms with van der Waals surface area (Å²) in [6.07, 6.45) is 4.95. The van der Waals surface area contributed by atoms with E-state index in [0.717, 1.165) is 19.4 Å². The van der Waals surface area contributed by atoms with Gasteiger partial charge in [0.05, 0.1) is 25.4 Å². The molecular weight excluding hydrogens is 290 g/mol. The second kappa shape index (κ2) is 7.55. The summed E-state index contributed by atoms with van der Waals surface area (Å²) in [4.78, 5) is 41.4. The van der Waals surface area contributed by atoms with Gasteiger partial charge in [0.2, 0.25) is 5.91 Å². The molecule has 120 valence electrons. The first kappa shape index (κ1) is 16.0. The number of carbonyl (C=O) groups is 3. The summed E-state index contributed by atoms with van der Waals surface area (Å²) >= 11 is 0. The number of H-pyrrole nitrogens is 1. The molecule has 9 nitrogen and oxygen atoms in total. The number of aromatic nitrogens is 2. The molecule has 0 spiro atoms. The Balaban J connectivity index is 1.98. The van der Waals surface area contributed by atoms with Crippen LogP contribution in [0.15, 0.2) is 12.5 Å². The predicted molar refractivity (Wildman–Crippen MR) is 72.1 cm³/mol. The van der Waals surface area contributed by atoms with Gasteiger partial charge >= 0.3 is 0 Å². The number of nitrogens with two attached hydrogens (primary N) is 1. The number of rotatable bonds is 7. The molecule has 5 N–H and O–H groups in total. The lowest BCUT2D eigenvalue weighted by atomic mass is 10.1. The lowest BCUT2D eigenvalue weighted by Crippen LogP contribution is -2.89. The first-order chi connectivity index (χ1) is 10.6. The van der Waals surface area contributed by atoms with Crippen molar-refractivity contribution in [1.82, 2.24) is 20.6 Å². The summed E-state index contributed by atoms with van der Waals surface area (Å²) in [5.74, 6) is -2.17. The summed E-state index contributed by atoms with van der Waals surface area (Å²) in [6, 6.07) is -1.06. The molecule has 0 aromatic carbocycles. The van der Waals surface area contributed by atoms with Crippen molar-refractivity contribution in [2.24, 2.45) is 0 Å². The Morgan fingerprint density at radius 1 is 1.50 bits per heavy atom. The number of amides is 2. The average Bonchev–Trinajstić information content (AvgIpc) is 3.16. The number of hydrogen-bond donors (Lipinski definition) is 4. The Morgan fingerprint density at radius 3 is 2.91 bits per heavy atom. The molecule has 9 heteroatoms. The van der Waals surface area contributed by atoms with Crippen LogP contribution in [0.5, 0.6) is 0 Å². The van der Waals surface area contributed by atoms with Gasteiger partial charge in [-0.25, -0.2) is 4.98 Å². The second-order valence-electron chi connectivity index (χ2n) is 5.21. The summed E-state index contributed by atoms with van der Waals surface area (Å²) < 4.78 is 0. The van der Waals surface area contributed by atoms with Gasteiger partial charge in [0.1, 0.15) is 6.04 Å². The molecule has 0 unspecified atom stereocenters. The van der Waals surface area contributed by atoms with Crippen LogP contribution in [0.4, 0.5) is 0 Å². The van der Waals surface area contributed by atoms with Crippen LogP contribution in [-0.2, 0) is 20.8 Å². The number of aromatic amines is 1. The molecule has 0 radical (unpaired) electrons. The normalized spacial score (nSPS) is 18.6. The highest BCUT2D eigenvalue weighted by Crippen LogP contribution is 2.02. The molecule has 2 rings (SSSR count). The minimum atomic E-state index is -1.39. The number of carbonyl (C=O) groups excluding carboxylic acids is 3. The van der Waals surface area contributed by atoms with Crippen molar-refractivity contribution in [3.63, 3.8) is 0 Å². The Labute approximate surface area is 126 Å². The van der Waals surface area contributed by atoms with Gasteiger partial charge in [0.15, 0.2) is 6.04 Å². The smallest absolute Gasteiger partial charge is 0.278 e. The monoisotopic (exact) mass is 309 g/mol. The highest BCUT2D eigenvalue weighted by Gasteiger charge is 2.30. The van der Waals surface area contributed by atoms with Crippen LogP contribution in [0.2, 0.25) is 0 Å². The molecule has 2 heterocycles. The van der Waals surface area contributed by atoms with Crippen molar-refractivity contribution >= 4 is 17.8 Å². The molecular formula is C13H19N5O4. The third-order valence-corrected chi connectivity index (χ3v) is 3.53. The number of nitrogens with one attached hydrogen (secondary N) is 3. The molecule has 1 aromatic heterocycles. The lowest BCUT2D eigenvalue weighted by Gasteiger charge is -2.19. The number of carboxylic acid groups (broad SMARTS) is 1. The fourth-order valence-electron chi connectivity index (χ4n) is 2.40. The molecule has 1 fully saturated rings. The molecule has 0 aliphatic carbocycles. The predicted octanol–water partition coefficient (Wildman–Crippen LogP) is -3.97. The van der Waals surface area contributed by atoms with E-state index in [9.17, 15) is 19.5 Å². The molecule has 22 heavy (non-hydrogen) atoms. The van der Waals surface area contributed by atoms with Gasteiger partial charge < -0.3 is 30.8 Å². The SMILES string of the molecule is O=C([O-])CNC(=O)[C@H](Cc1cnc[nH]1)NC(=O)[C@@H]1CCC[NH2+]1. The molecule has 1 aromatic rings. The van der Waals surface area contributed by atoms with Crippen molar-refractivity contribution in [1.29, 1.82) is 0 Å². The summed E-state index contributed by atoms with van der Waals surface area (Å²) in [5.41, 5.74) is 0.671. The van der Waals surface area contributed by atoms with Crippen LogP contribution in [0, 0.1) is 0 Å². The van der Waals surface area contributed by atoms with E-state index in [1.165, 1.54) is 6.33 Å².